The fourth-order valence-corrected chi connectivity index (χ4v) is 3.04. The highest BCUT2D eigenvalue weighted by atomic mass is 127. The van der Waals surface area contributed by atoms with Crippen molar-refractivity contribution in [2.75, 3.05) is 18.5 Å². The van der Waals surface area contributed by atoms with Crippen LogP contribution in [-0.4, -0.2) is 28.6 Å². The fourth-order valence-electron chi connectivity index (χ4n) is 2.69. The van der Waals surface area contributed by atoms with E-state index in [2.05, 4.69) is 31.2 Å². The van der Waals surface area contributed by atoms with Gasteiger partial charge in [0, 0.05) is 35.0 Å². The SMILES string of the molecule is I.NC(=NCc1cn2cc(Br)ccc2n1)Nc1ccc2c(c1)OCCCO2. The van der Waals surface area contributed by atoms with Crippen molar-refractivity contribution in [3.05, 3.63) is 52.9 Å². The zero-order valence-electron chi connectivity index (χ0n) is 14.4. The maximum atomic E-state index is 6.00. The van der Waals surface area contributed by atoms with E-state index in [1.54, 1.807) is 0 Å². The number of fused-ring (bicyclic) bond motifs is 2. The summed E-state index contributed by atoms with van der Waals surface area (Å²) >= 11 is 3.45. The second-order valence-electron chi connectivity index (χ2n) is 5.88. The minimum absolute atomic E-state index is 0. The van der Waals surface area contributed by atoms with E-state index in [-0.39, 0.29) is 24.0 Å². The monoisotopic (exact) mass is 543 g/mol. The Bertz CT molecular complexity index is 976. The predicted octanol–water partition coefficient (Wildman–Crippen LogP) is 3.80. The second-order valence-corrected chi connectivity index (χ2v) is 6.80. The van der Waals surface area contributed by atoms with E-state index in [0.29, 0.717) is 31.5 Å². The molecule has 0 radical (unpaired) electrons. The zero-order valence-corrected chi connectivity index (χ0v) is 18.3. The lowest BCUT2D eigenvalue weighted by Crippen LogP contribution is -2.22. The first-order valence-electron chi connectivity index (χ1n) is 8.27. The number of nitrogens with one attached hydrogen (secondary N) is 1. The molecule has 7 nitrogen and oxygen atoms in total. The Morgan fingerprint density at radius 3 is 2.85 bits per heavy atom. The number of halogens is 2. The number of benzene rings is 1. The molecular formula is C18H19BrIN5O2. The molecule has 1 aromatic carbocycles. The van der Waals surface area contributed by atoms with Gasteiger partial charge >= 0.3 is 0 Å². The first-order chi connectivity index (χ1) is 12.7. The van der Waals surface area contributed by atoms with Crippen LogP contribution < -0.4 is 20.5 Å². The highest BCUT2D eigenvalue weighted by Crippen LogP contribution is 2.32. The summed E-state index contributed by atoms with van der Waals surface area (Å²) in [6.45, 7) is 1.70. The molecule has 142 valence electrons. The van der Waals surface area contributed by atoms with Crippen LogP contribution in [0, 0.1) is 0 Å². The summed E-state index contributed by atoms with van der Waals surface area (Å²) in [6, 6.07) is 9.52. The van der Waals surface area contributed by atoms with Crippen LogP contribution >= 0.6 is 39.9 Å². The highest BCUT2D eigenvalue weighted by molar-refractivity contribution is 14.0. The van der Waals surface area contributed by atoms with Gasteiger partial charge in [0.15, 0.2) is 17.5 Å². The Morgan fingerprint density at radius 2 is 2.00 bits per heavy atom. The number of nitrogens with two attached hydrogens (primary N) is 1. The topological polar surface area (TPSA) is 86.2 Å². The molecule has 3 aromatic rings. The first-order valence-corrected chi connectivity index (χ1v) is 9.06. The smallest absolute Gasteiger partial charge is 0.193 e. The second kappa shape index (κ2) is 8.79. The zero-order chi connectivity index (χ0) is 17.9. The van der Waals surface area contributed by atoms with Crippen LogP contribution in [0.3, 0.4) is 0 Å². The molecule has 0 fully saturated rings. The molecule has 0 spiro atoms. The molecule has 0 unspecified atom stereocenters. The molecule has 4 rings (SSSR count). The Balaban J connectivity index is 0.00000210. The minimum atomic E-state index is 0. The van der Waals surface area contributed by atoms with Gasteiger partial charge in [-0.3, -0.25) is 0 Å². The van der Waals surface area contributed by atoms with E-state index in [4.69, 9.17) is 15.2 Å². The summed E-state index contributed by atoms with van der Waals surface area (Å²) < 4.78 is 14.2. The Hall–Kier alpha value is -2.01. The number of ether oxygens (including phenoxy) is 2. The van der Waals surface area contributed by atoms with Crippen molar-refractivity contribution < 1.29 is 9.47 Å². The first kappa shape index (κ1) is 19.7. The quantitative estimate of drug-likeness (QED) is 0.298. The number of pyridine rings is 1. The number of imidazole rings is 1. The number of hydrogen-bond donors (Lipinski definition) is 2. The van der Waals surface area contributed by atoms with Gasteiger partial charge in [0.05, 0.1) is 25.5 Å². The van der Waals surface area contributed by atoms with E-state index >= 15 is 0 Å². The molecule has 0 bridgehead atoms. The van der Waals surface area contributed by atoms with Crippen molar-refractivity contribution in [1.82, 2.24) is 9.38 Å². The van der Waals surface area contributed by atoms with Gasteiger partial charge < -0.3 is 24.9 Å². The van der Waals surface area contributed by atoms with Crippen LogP contribution in [-0.2, 0) is 6.54 Å². The van der Waals surface area contributed by atoms with Gasteiger partial charge in [0.1, 0.15) is 5.65 Å². The van der Waals surface area contributed by atoms with E-state index < -0.39 is 0 Å². The van der Waals surface area contributed by atoms with Crippen molar-refractivity contribution in [2.24, 2.45) is 10.7 Å². The Morgan fingerprint density at radius 1 is 1.19 bits per heavy atom. The lowest BCUT2D eigenvalue weighted by Gasteiger charge is -2.10. The molecule has 1 aliphatic heterocycles. The van der Waals surface area contributed by atoms with Gasteiger partial charge in [-0.15, -0.1) is 24.0 Å². The van der Waals surface area contributed by atoms with Gasteiger partial charge in [-0.2, -0.15) is 0 Å². The molecule has 0 aliphatic carbocycles. The summed E-state index contributed by atoms with van der Waals surface area (Å²) in [5.41, 5.74) is 8.51. The van der Waals surface area contributed by atoms with E-state index in [9.17, 15) is 0 Å². The van der Waals surface area contributed by atoms with Crippen molar-refractivity contribution in [1.29, 1.82) is 0 Å². The van der Waals surface area contributed by atoms with Crippen LogP contribution in [0.15, 0.2) is 52.2 Å². The summed E-state index contributed by atoms with van der Waals surface area (Å²) in [4.78, 5) is 8.88. The summed E-state index contributed by atoms with van der Waals surface area (Å²) in [6.07, 6.45) is 4.76. The number of aromatic nitrogens is 2. The van der Waals surface area contributed by atoms with Crippen LogP contribution in [0.5, 0.6) is 11.5 Å². The Kier molecular flexibility index (Phi) is 6.42. The third-order valence-electron chi connectivity index (χ3n) is 3.90. The molecule has 0 saturated carbocycles. The van der Waals surface area contributed by atoms with Crippen molar-refractivity contribution in [3.8, 4) is 11.5 Å². The van der Waals surface area contributed by atoms with Gasteiger partial charge in [0.25, 0.3) is 0 Å². The van der Waals surface area contributed by atoms with Crippen molar-refractivity contribution >= 4 is 57.2 Å². The molecule has 0 atom stereocenters. The number of guanidine groups is 1. The van der Waals surface area contributed by atoms with Gasteiger partial charge in [-0.25, -0.2) is 9.98 Å². The van der Waals surface area contributed by atoms with Gasteiger partial charge in [-0.05, 0) is 40.2 Å². The lowest BCUT2D eigenvalue weighted by atomic mass is 10.3. The molecule has 3 heterocycles. The Labute approximate surface area is 182 Å². The number of hydrogen-bond acceptors (Lipinski definition) is 4. The minimum Gasteiger partial charge on any atom is -0.490 e. The molecule has 0 amide bonds. The molecule has 3 N–H and O–H groups in total. The van der Waals surface area contributed by atoms with E-state index in [0.717, 1.165) is 33.7 Å². The summed E-state index contributed by atoms with van der Waals surface area (Å²) in [5, 5.41) is 3.08. The van der Waals surface area contributed by atoms with Crippen molar-refractivity contribution in [3.63, 3.8) is 0 Å². The number of rotatable bonds is 3. The standard InChI is InChI=1S/C18H18BrN5O2.HI/c19-12-2-5-17-22-14(11-24(17)10-12)9-21-18(20)23-13-3-4-15-16(8-13)26-7-1-6-25-15;/h2-5,8,10-11H,1,6-7,9H2,(H3,20,21,23);1H. The van der Waals surface area contributed by atoms with Crippen LogP contribution in [0.25, 0.3) is 5.65 Å². The van der Waals surface area contributed by atoms with E-state index in [1.165, 1.54) is 0 Å². The molecule has 2 aromatic heterocycles. The van der Waals surface area contributed by atoms with Gasteiger partial charge in [0.2, 0.25) is 0 Å². The highest BCUT2D eigenvalue weighted by Gasteiger charge is 2.11. The van der Waals surface area contributed by atoms with Gasteiger partial charge in [-0.1, -0.05) is 0 Å². The maximum absolute atomic E-state index is 6.00. The number of aliphatic imine (C=N–C) groups is 1. The third kappa shape index (κ3) is 4.83. The molecule has 9 heteroatoms. The molecule has 0 saturated heterocycles. The molecule has 27 heavy (non-hydrogen) atoms. The third-order valence-corrected chi connectivity index (χ3v) is 4.37. The largest absolute Gasteiger partial charge is 0.490 e. The molecule has 1 aliphatic rings. The van der Waals surface area contributed by atoms with E-state index in [1.807, 2.05) is 47.1 Å². The average molecular weight is 544 g/mol. The normalized spacial score (nSPS) is 13.7. The predicted molar refractivity (Wildman–Crippen MR) is 119 cm³/mol. The summed E-state index contributed by atoms with van der Waals surface area (Å²) in [5.74, 6) is 1.78. The fraction of sp³-hybridized carbons (Fsp3) is 0.222. The summed E-state index contributed by atoms with van der Waals surface area (Å²) in [7, 11) is 0. The number of anilines is 1. The van der Waals surface area contributed by atoms with Crippen molar-refractivity contribution in [2.45, 2.75) is 13.0 Å². The maximum Gasteiger partial charge on any atom is 0.193 e. The van der Waals surface area contributed by atoms with Crippen LogP contribution in [0.2, 0.25) is 0 Å². The average Bonchev–Trinajstić information content (AvgIpc) is 2.88. The lowest BCUT2D eigenvalue weighted by molar-refractivity contribution is 0.297. The number of nitrogens with zero attached hydrogens (tertiary/aromatic N) is 3. The van der Waals surface area contributed by atoms with Crippen LogP contribution in [0.4, 0.5) is 5.69 Å². The van der Waals surface area contributed by atoms with Crippen LogP contribution in [0.1, 0.15) is 12.1 Å². The molecular weight excluding hydrogens is 525 g/mol.